The summed E-state index contributed by atoms with van der Waals surface area (Å²) in [4.78, 5) is 0. The van der Waals surface area contributed by atoms with Gasteiger partial charge in [-0.1, -0.05) is 50.3 Å². The van der Waals surface area contributed by atoms with Crippen LogP contribution in [-0.4, -0.2) is 30.5 Å². The van der Waals surface area contributed by atoms with E-state index in [2.05, 4.69) is 13.5 Å². The van der Waals surface area contributed by atoms with Crippen molar-refractivity contribution in [3.8, 4) is 0 Å². The summed E-state index contributed by atoms with van der Waals surface area (Å²) in [5.41, 5.74) is 2.01. The lowest BCUT2D eigenvalue weighted by molar-refractivity contribution is -0.00687. The Balaban J connectivity index is 1.81. The molecule has 1 saturated carbocycles. The molecule has 116 valence electrons. The Morgan fingerprint density at radius 2 is 2.05 bits per heavy atom. The highest BCUT2D eigenvalue weighted by atomic mass is 16.5. The second-order valence-corrected chi connectivity index (χ2v) is 5.70. The summed E-state index contributed by atoms with van der Waals surface area (Å²) in [5.74, 6) is 0.0977. The van der Waals surface area contributed by atoms with Gasteiger partial charge in [-0.2, -0.15) is 0 Å². The van der Waals surface area contributed by atoms with Crippen LogP contribution in [0.1, 0.15) is 31.7 Å². The van der Waals surface area contributed by atoms with Crippen LogP contribution < -0.4 is 0 Å². The summed E-state index contributed by atoms with van der Waals surface area (Å²) in [6.45, 7) is 8.05. The molecule has 0 heterocycles. The van der Waals surface area contributed by atoms with Gasteiger partial charge in [-0.05, 0) is 17.6 Å². The lowest BCUT2D eigenvalue weighted by Crippen LogP contribution is -2.24. The van der Waals surface area contributed by atoms with Gasteiger partial charge >= 0.3 is 0 Å². The van der Waals surface area contributed by atoms with Gasteiger partial charge in [0.05, 0.1) is 25.4 Å². The minimum atomic E-state index is -0.457. The van der Waals surface area contributed by atoms with Crippen molar-refractivity contribution in [2.75, 3.05) is 13.2 Å². The minimum absolute atomic E-state index is 0.0369. The van der Waals surface area contributed by atoms with Gasteiger partial charge in [0.15, 0.2) is 0 Å². The van der Waals surface area contributed by atoms with E-state index in [4.69, 9.17) is 9.47 Å². The summed E-state index contributed by atoms with van der Waals surface area (Å²) in [7, 11) is 0. The van der Waals surface area contributed by atoms with E-state index in [1.807, 2.05) is 30.3 Å². The topological polar surface area (TPSA) is 38.7 Å². The van der Waals surface area contributed by atoms with Gasteiger partial charge in [0.1, 0.15) is 0 Å². The summed E-state index contributed by atoms with van der Waals surface area (Å²) in [6, 6.07) is 10.1. The molecule has 1 aliphatic carbocycles. The number of aliphatic hydroxyl groups excluding tert-OH is 1. The molecule has 1 aliphatic rings. The van der Waals surface area contributed by atoms with Crippen molar-refractivity contribution in [2.45, 2.75) is 45.0 Å². The van der Waals surface area contributed by atoms with Crippen LogP contribution >= 0.6 is 0 Å². The Labute approximate surface area is 127 Å². The SMILES string of the molecule is C=C1[C@H](O)C[C@H](OCCCC)[C@H]1COCc1ccccc1. The van der Waals surface area contributed by atoms with Crippen molar-refractivity contribution in [3.05, 3.63) is 48.0 Å². The van der Waals surface area contributed by atoms with Crippen molar-refractivity contribution in [1.29, 1.82) is 0 Å². The number of hydrogen-bond acceptors (Lipinski definition) is 3. The van der Waals surface area contributed by atoms with E-state index in [0.717, 1.165) is 30.6 Å². The van der Waals surface area contributed by atoms with E-state index in [1.165, 1.54) is 0 Å². The zero-order valence-electron chi connectivity index (χ0n) is 12.8. The van der Waals surface area contributed by atoms with Gasteiger partial charge in [0, 0.05) is 18.9 Å². The van der Waals surface area contributed by atoms with E-state index in [9.17, 15) is 5.11 Å². The molecule has 0 spiro atoms. The van der Waals surface area contributed by atoms with E-state index in [1.54, 1.807) is 0 Å². The highest BCUT2D eigenvalue weighted by molar-refractivity contribution is 5.17. The number of ether oxygens (including phenoxy) is 2. The van der Waals surface area contributed by atoms with E-state index in [-0.39, 0.29) is 12.0 Å². The van der Waals surface area contributed by atoms with Gasteiger partial charge in [-0.15, -0.1) is 0 Å². The molecular formula is C18H26O3. The fourth-order valence-electron chi connectivity index (χ4n) is 2.68. The third-order valence-corrected chi connectivity index (χ3v) is 4.05. The molecule has 1 aromatic rings. The molecule has 0 aliphatic heterocycles. The van der Waals surface area contributed by atoms with Crippen LogP contribution in [0.25, 0.3) is 0 Å². The number of aliphatic hydroxyl groups is 1. The second-order valence-electron chi connectivity index (χ2n) is 5.70. The Kier molecular flexibility index (Phi) is 6.43. The summed E-state index contributed by atoms with van der Waals surface area (Å²) < 4.78 is 11.7. The first-order valence-corrected chi connectivity index (χ1v) is 7.82. The molecule has 2 rings (SSSR count). The van der Waals surface area contributed by atoms with Gasteiger partial charge < -0.3 is 14.6 Å². The summed E-state index contributed by atoms with van der Waals surface area (Å²) in [5, 5.41) is 9.98. The standard InChI is InChI=1S/C18H26O3/c1-3-4-10-21-18-11-17(19)14(2)16(18)13-20-12-15-8-6-5-7-9-15/h5-9,16-19H,2-4,10-13H2,1H3/t16-,17+,18-/m0/s1. The van der Waals surface area contributed by atoms with Crippen LogP contribution in [0.15, 0.2) is 42.5 Å². The largest absolute Gasteiger partial charge is 0.389 e. The molecule has 21 heavy (non-hydrogen) atoms. The number of benzene rings is 1. The smallest absolute Gasteiger partial charge is 0.0777 e. The van der Waals surface area contributed by atoms with Crippen LogP contribution in [0.4, 0.5) is 0 Å². The lowest BCUT2D eigenvalue weighted by atomic mass is 10.0. The van der Waals surface area contributed by atoms with Crippen molar-refractivity contribution in [3.63, 3.8) is 0 Å². The molecular weight excluding hydrogens is 264 g/mol. The highest BCUT2D eigenvalue weighted by Crippen LogP contribution is 2.33. The monoisotopic (exact) mass is 290 g/mol. The van der Waals surface area contributed by atoms with Crippen molar-refractivity contribution in [1.82, 2.24) is 0 Å². The normalized spacial score (nSPS) is 25.4. The highest BCUT2D eigenvalue weighted by Gasteiger charge is 2.37. The maximum absolute atomic E-state index is 9.98. The van der Waals surface area contributed by atoms with Crippen LogP contribution in [0, 0.1) is 5.92 Å². The second kappa shape index (κ2) is 8.32. The van der Waals surface area contributed by atoms with E-state index >= 15 is 0 Å². The maximum Gasteiger partial charge on any atom is 0.0777 e. The molecule has 3 nitrogen and oxygen atoms in total. The molecule has 0 saturated heterocycles. The molecule has 0 radical (unpaired) electrons. The lowest BCUT2D eigenvalue weighted by Gasteiger charge is -2.20. The average molecular weight is 290 g/mol. The number of rotatable bonds is 8. The molecule has 3 heteroatoms. The zero-order valence-corrected chi connectivity index (χ0v) is 12.8. The molecule has 0 amide bonds. The summed E-state index contributed by atoms with van der Waals surface area (Å²) in [6.07, 6.45) is 2.39. The van der Waals surface area contributed by atoms with Crippen LogP contribution in [-0.2, 0) is 16.1 Å². The van der Waals surface area contributed by atoms with Crippen molar-refractivity contribution >= 4 is 0 Å². The first-order chi connectivity index (χ1) is 10.2. The van der Waals surface area contributed by atoms with Gasteiger partial charge in [-0.3, -0.25) is 0 Å². The first kappa shape index (κ1) is 16.2. The number of hydrogen-bond donors (Lipinski definition) is 1. The molecule has 0 aromatic heterocycles. The Morgan fingerprint density at radius 1 is 1.29 bits per heavy atom. The Morgan fingerprint density at radius 3 is 2.76 bits per heavy atom. The third-order valence-electron chi connectivity index (χ3n) is 4.05. The van der Waals surface area contributed by atoms with Gasteiger partial charge in [0.25, 0.3) is 0 Å². The third kappa shape index (κ3) is 4.67. The predicted octanol–water partition coefficient (Wildman–Crippen LogP) is 3.33. The predicted molar refractivity (Wildman–Crippen MR) is 84.0 cm³/mol. The summed E-state index contributed by atoms with van der Waals surface area (Å²) >= 11 is 0. The molecule has 0 bridgehead atoms. The molecule has 1 aromatic carbocycles. The Hall–Kier alpha value is -1.16. The number of unbranched alkanes of at least 4 members (excludes halogenated alkanes) is 1. The molecule has 1 N–H and O–H groups in total. The first-order valence-electron chi connectivity index (χ1n) is 7.82. The molecule has 3 atom stereocenters. The quantitative estimate of drug-likeness (QED) is 0.589. The van der Waals surface area contributed by atoms with Crippen LogP contribution in [0.3, 0.4) is 0 Å². The fourth-order valence-corrected chi connectivity index (χ4v) is 2.68. The van der Waals surface area contributed by atoms with Crippen LogP contribution in [0.2, 0.25) is 0 Å². The fraction of sp³-hybridized carbons (Fsp3) is 0.556. The van der Waals surface area contributed by atoms with Gasteiger partial charge in [-0.25, -0.2) is 0 Å². The van der Waals surface area contributed by atoms with Crippen molar-refractivity contribution in [2.24, 2.45) is 5.92 Å². The van der Waals surface area contributed by atoms with E-state index in [0.29, 0.717) is 19.6 Å². The van der Waals surface area contributed by atoms with E-state index < -0.39 is 6.10 Å². The Bertz CT molecular complexity index is 429. The average Bonchev–Trinajstić information content (AvgIpc) is 2.76. The van der Waals surface area contributed by atoms with Gasteiger partial charge in [0.2, 0.25) is 0 Å². The minimum Gasteiger partial charge on any atom is -0.389 e. The molecule has 0 unspecified atom stereocenters. The van der Waals surface area contributed by atoms with Crippen molar-refractivity contribution < 1.29 is 14.6 Å². The molecule has 1 fully saturated rings. The maximum atomic E-state index is 9.98. The zero-order chi connectivity index (χ0) is 15.1. The van der Waals surface area contributed by atoms with Crippen LogP contribution in [0.5, 0.6) is 0 Å².